The average molecular weight is 333 g/mol. The molecule has 0 aliphatic heterocycles. The van der Waals surface area contributed by atoms with Crippen LogP contribution < -0.4 is 0 Å². The zero-order chi connectivity index (χ0) is 16.0. The van der Waals surface area contributed by atoms with Gasteiger partial charge in [-0.2, -0.15) is 16.8 Å². The van der Waals surface area contributed by atoms with E-state index in [1.807, 2.05) is 0 Å². The summed E-state index contributed by atoms with van der Waals surface area (Å²) < 4.78 is 62.9. The first-order valence-electron chi connectivity index (χ1n) is 5.17. The Morgan fingerprint density at radius 1 is 0.952 bits per heavy atom. The van der Waals surface area contributed by atoms with Gasteiger partial charge in [0.1, 0.15) is 4.90 Å². The van der Waals surface area contributed by atoms with Crippen molar-refractivity contribution < 1.29 is 30.9 Å². The second-order valence-corrected chi connectivity index (χ2v) is 6.85. The van der Waals surface area contributed by atoms with Gasteiger partial charge in [-0.15, -0.1) is 0 Å². The van der Waals surface area contributed by atoms with Gasteiger partial charge in [0.05, 0.1) is 9.82 Å². The maximum absolute atomic E-state index is 11.3. The Morgan fingerprint density at radius 2 is 1.57 bits per heavy atom. The molecule has 21 heavy (non-hydrogen) atoms. The van der Waals surface area contributed by atoms with Gasteiger partial charge in [0, 0.05) is 17.5 Å². The van der Waals surface area contributed by atoms with Crippen LogP contribution in [0.25, 0.3) is 10.8 Å². The fourth-order valence-electron chi connectivity index (χ4n) is 1.76. The molecule has 0 atom stereocenters. The Labute approximate surface area is 118 Å². The third kappa shape index (κ3) is 3.00. The molecule has 11 heteroatoms. The van der Waals surface area contributed by atoms with Gasteiger partial charge in [0.2, 0.25) is 0 Å². The van der Waals surface area contributed by atoms with Crippen molar-refractivity contribution in [1.82, 2.24) is 0 Å². The van der Waals surface area contributed by atoms with Crippen LogP contribution in [0.4, 0.5) is 5.69 Å². The molecule has 0 saturated heterocycles. The third-order valence-electron chi connectivity index (χ3n) is 2.66. The maximum Gasteiger partial charge on any atom is 0.295 e. The van der Waals surface area contributed by atoms with Crippen molar-refractivity contribution in [3.05, 3.63) is 40.4 Å². The lowest BCUT2D eigenvalue weighted by Gasteiger charge is -2.06. The van der Waals surface area contributed by atoms with Gasteiger partial charge in [-0.05, 0) is 23.6 Å². The molecule has 112 valence electrons. The minimum absolute atomic E-state index is 0.0108. The lowest BCUT2D eigenvalue weighted by atomic mass is 10.1. The highest BCUT2D eigenvalue weighted by Crippen LogP contribution is 2.30. The van der Waals surface area contributed by atoms with E-state index in [9.17, 15) is 26.9 Å². The summed E-state index contributed by atoms with van der Waals surface area (Å²) in [7, 11) is -9.57. The normalized spacial score (nSPS) is 12.5. The predicted molar refractivity (Wildman–Crippen MR) is 70.2 cm³/mol. The molecule has 0 aliphatic rings. The molecule has 2 aromatic carbocycles. The summed E-state index contributed by atoms with van der Waals surface area (Å²) in [5.74, 6) is 0. The van der Waals surface area contributed by atoms with E-state index in [-0.39, 0.29) is 10.8 Å². The molecule has 0 amide bonds. The smallest absolute Gasteiger partial charge is 0.282 e. The first-order chi connectivity index (χ1) is 9.50. The highest BCUT2D eigenvalue weighted by Gasteiger charge is 2.21. The SMILES string of the molecule is O=[N+]([O-])c1ccc2cc(S(=O)(=O)O)cc(S(=O)(=O)O)c2c1. The predicted octanol–water partition coefficient (Wildman–Crippen LogP) is 1.24. The number of nitrogens with zero attached hydrogens (tertiary/aromatic N) is 1. The monoisotopic (exact) mass is 333 g/mol. The fraction of sp³-hybridized carbons (Fsp3) is 0. The Morgan fingerprint density at radius 3 is 2.05 bits per heavy atom. The largest absolute Gasteiger partial charge is 0.295 e. The minimum Gasteiger partial charge on any atom is -0.282 e. The Hall–Kier alpha value is -2.08. The Kier molecular flexibility index (Phi) is 3.45. The van der Waals surface area contributed by atoms with Crippen LogP contribution in [0.1, 0.15) is 0 Å². The van der Waals surface area contributed by atoms with E-state index in [4.69, 9.17) is 9.11 Å². The molecule has 0 saturated carbocycles. The molecule has 0 unspecified atom stereocenters. The van der Waals surface area contributed by atoms with Gasteiger partial charge in [-0.25, -0.2) is 0 Å². The quantitative estimate of drug-likeness (QED) is 0.483. The third-order valence-corrected chi connectivity index (χ3v) is 4.39. The van der Waals surface area contributed by atoms with Crippen LogP contribution in [-0.2, 0) is 20.2 Å². The number of nitro groups is 1. The molecule has 0 heterocycles. The highest BCUT2D eigenvalue weighted by atomic mass is 32.2. The van der Waals surface area contributed by atoms with Gasteiger partial charge in [0.25, 0.3) is 25.9 Å². The summed E-state index contributed by atoms with van der Waals surface area (Å²) in [6, 6.07) is 4.48. The van der Waals surface area contributed by atoms with E-state index in [2.05, 4.69) is 0 Å². The van der Waals surface area contributed by atoms with Crippen molar-refractivity contribution in [1.29, 1.82) is 0 Å². The summed E-state index contributed by atoms with van der Waals surface area (Å²) in [5, 5.41) is 10.4. The molecule has 0 spiro atoms. The highest BCUT2D eigenvalue weighted by molar-refractivity contribution is 7.86. The second-order valence-electron chi connectivity index (χ2n) is 4.03. The van der Waals surface area contributed by atoms with Crippen molar-refractivity contribution in [2.75, 3.05) is 0 Å². The van der Waals surface area contributed by atoms with Crippen LogP contribution in [0.2, 0.25) is 0 Å². The molecule has 9 nitrogen and oxygen atoms in total. The number of fused-ring (bicyclic) bond motifs is 1. The summed E-state index contributed by atoms with van der Waals surface area (Å²) in [6.45, 7) is 0. The van der Waals surface area contributed by atoms with E-state index in [1.165, 1.54) is 0 Å². The second kappa shape index (κ2) is 4.73. The summed E-state index contributed by atoms with van der Waals surface area (Å²) >= 11 is 0. The molecule has 2 aromatic rings. The van der Waals surface area contributed by atoms with Gasteiger partial charge < -0.3 is 0 Å². The zero-order valence-electron chi connectivity index (χ0n) is 9.99. The molecular formula is C10H7NO8S2. The number of hydrogen-bond acceptors (Lipinski definition) is 6. The van der Waals surface area contributed by atoms with Crippen LogP contribution in [0.3, 0.4) is 0 Å². The van der Waals surface area contributed by atoms with E-state index >= 15 is 0 Å². The van der Waals surface area contributed by atoms with E-state index < -0.39 is 40.6 Å². The summed E-state index contributed by atoms with van der Waals surface area (Å²) in [6.07, 6.45) is 0. The fourth-order valence-corrected chi connectivity index (χ4v) is 3.11. The minimum atomic E-state index is -4.85. The average Bonchev–Trinajstić information content (AvgIpc) is 2.34. The Bertz CT molecular complexity index is 962. The van der Waals surface area contributed by atoms with Gasteiger partial charge in [-0.1, -0.05) is 0 Å². The first kappa shape index (κ1) is 15.3. The molecule has 0 bridgehead atoms. The van der Waals surface area contributed by atoms with Crippen LogP contribution >= 0.6 is 0 Å². The first-order valence-corrected chi connectivity index (χ1v) is 8.05. The lowest BCUT2D eigenvalue weighted by molar-refractivity contribution is -0.384. The van der Waals surface area contributed by atoms with Crippen molar-refractivity contribution in [3.8, 4) is 0 Å². The molecular weight excluding hydrogens is 326 g/mol. The number of benzene rings is 2. The van der Waals surface area contributed by atoms with Crippen LogP contribution in [0, 0.1) is 10.1 Å². The molecule has 0 aliphatic carbocycles. The molecule has 0 radical (unpaired) electrons. The van der Waals surface area contributed by atoms with Crippen LogP contribution in [-0.4, -0.2) is 30.9 Å². The molecule has 2 N–H and O–H groups in total. The van der Waals surface area contributed by atoms with E-state index in [0.717, 1.165) is 24.3 Å². The van der Waals surface area contributed by atoms with Crippen molar-refractivity contribution >= 4 is 36.7 Å². The summed E-state index contributed by atoms with van der Waals surface area (Å²) in [4.78, 5) is 8.31. The van der Waals surface area contributed by atoms with E-state index in [1.54, 1.807) is 0 Å². The van der Waals surface area contributed by atoms with Crippen LogP contribution in [0.15, 0.2) is 40.1 Å². The molecule has 0 aromatic heterocycles. The van der Waals surface area contributed by atoms with Gasteiger partial charge in [-0.3, -0.25) is 19.2 Å². The van der Waals surface area contributed by atoms with Gasteiger partial charge >= 0.3 is 0 Å². The zero-order valence-corrected chi connectivity index (χ0v) is 11.6. The van der Waals surface area contributed by atoms with Crippen molar-refractivity contribution in [3.63, 3.8) is 0 Å². The van der Waals surface area contributed by atoms with Crippen molar-refractivity contribution in [2.24, 2.45) is 0 Å². The van der Waals surface area contributed by atoms with Crippen LogP contribution in [0.5, 0.6) is 0 Å². The van der Waals surface area contributed by atoms with E-state index in [0.29, 0.717) is 6.07 Å². The molecule has 2 rings (SSSR count). The lowest BCUT2D eigenvalue weighted by Crippen LogP contribution is -2.04. The Balaban J connectivity index is 2.99. The number of hydrogen-bond donors (Lipinski definition) is 2. The summed E-state index contributed by atoms with van der Waals surface area (Å²) in [5.41, 5.74) is -0.438. The number of nitro benzene ring substituents is 1. The number of non-ortho nitro benzene ring substituents is 1. The van der Waals surface area contributed by atoms with Gasteiger partial charge in [0.15, 0.2) is 0 Å². The topological polar surface area (TPSA) is 152 Å². The molecule has 0 fully saturated rings. The maximum atomic E-state index is 11.3. The van der Waals surface area contributed by atoms with Crippen molar-refractivity contribution in [2.45, 2.75) is 9.79 Å². The standard InChI is InChI=1S/C10H7NO8S2/c12-11(13)7-2-1-6-3-8(20(14,15)16)5-10(9(6)4-7)21(17,18)19/h1-5H,(H,14,15,16)(H,17,18,19). The number of rotatable bonds is 3.